The van der Waals surface area contributed by atoms with E-state index in [1.807, 2.05) is 22.9 Å². The minimum Gasteiger partial charge on any atom is -0.369 e. The summed E-state index contributed by atoms with van der Waals surface area (Å²) in [6.45, 7) is 0.161. The van der Waals surface area contributed by atoms with Crippen molar-refractivity contribution < 1.29 is 8.78 Å². The van der Waals surface area contributed by atoms with Gasteiger partial charge in [-0.05, 0) is 29.8 Å². The topological polar surface area (TPSA) is 87.4 Å². The van der Waals surface area contributed by atoms with Gasteiger partial charge < -0.3 is 10.3 Å². The van der Waals surface area contributed by atoms with E-state index < -0.39 is 11.6 Å². The fraction of sp³-hybridized carbons (Fsp3) is 0.0526. The molecular weight excluding hydrogens is 364 g/mol. The first-order valence-corrected chi connectivity index (χ1v) is 8.44. The molecule has 0 aliphatic heterocycles. The standard InChI is InChI=1S/C19H13F2N7/c20-12-5-11(6-13(21)7-12)10-28-16-8-14(9-25-17(16)26-19(28)22)27-4-1-15-18(27)24-3-2-23-15/h1-9H,10H2,(H2,22,25,26). The van der Waals surface area contributed by atoms with Gasteiger partial charge in [-0.15, -0.1) is 0 Å². The minimum atomic E-state index is -0.644. The number of benzene rings is 1. The second-order valence-corrected chi connectivity index (χ2v) is 6.32. The molecule has 0 amide bonds. The van der Waals surface area contributed by atoms with Crippen molar-refractivity contribution in [2.24, 2.45) is 0 Å². The molecule has 0 atom stereocenters. The van der Waals surface area contributed by atoms with Crippen LogP contribution < -0.4 is 5.73 Å². The van der Waals surface area contributed by atoms with E-state index in [1.165, 1.54) is 12.1 Å². The Labute approximate surface area is 157 Å². The normalized spacial score (nSPS) is 11.5. The van der Waals surface area contributed by atoms with Crippen LogP contribution in [-0.2, 0) is 6.54 Å². The van der Waals surface area contributed by atoms with Crippen LogP contribution in [0.25, 0.3) is 28.0 Å². The molecule has 7 nitrogen and oxygen atoms in total. The van der Waals surface area contributed by atoms with Crippen LogP contribution >= 0.6 is 0 Å². The van der Waals surface area contributed by atoms with Crippen LogP contribution in [0.1, 0.15) is 5.56 Å². The van der Waals surface area contributed by atoms with Gasteiger partial charge in [-0.25, -0.2) is 18.7 Å². The Balaban J connectivity index is 1.64. The zero-order valence-electron chi connectivity index (χ0n) is 14.4. The summed E-state index contributed by atoms with van der Waals surface area (Å²) in [5.74, 6) is -1.08. The summed E-state index contributed by atoms with van der Waals surface area (Å²) in [4.78, 5) is 17.2. The molecule has 28 heavy (non-hydrogen) atoms. The number of hydrogen-bond donors (Lipinski definition) is 1. The predicted octanol–water partition coefficient (Wildman–Crippen LogP) is 3.07. The Morgan fingerprint density at radius 2 is 1.75 bits per heavy atom. The van der Waals surface area contributed by atoms with Gasteiger partial charge in [0.25, 0.3) is 0 Å². The third-order valence-electron chi connectivity index (χ3n) is 4.48. The molecule has 5 rings (SSSR count). The number of pyridine rings is 1. The van der Waals surface area contributed by atoms with Crippen molar-refractivity contribution in [2.75, 3.05) is 5.73 Å². The van der Waals surface area contributed by atoms with Gasteiger partial charge in [-0.3, -0.25) is 9.55 Å². The fourth-order valence-corrected chi connectivity index (χ4v) is 3.26. The average Bonchev–Trinajstić information content (AvgIpc) is 3.22. The van der Waals surface area contributed by atoms with Crippen molar-refractivity contribution in [2.45, 2.75) is 6.54 Å². The lowest BCUT2D eigenvalue weighted by atomic mass is 10.2. The summed E-state index contributed by atoms with van der Waals surface area (Å²) in [6.07, 6.45) is 6.75. The number of fused-ring (bicyclic) bond motifs is 2. The second kappa shape index (κ2) is 6.08. The number of anilines is 1. The molecule has 138 valence electrons. The molecule has 0 bridgehead atoms. The molecule has 0 spiro atoms. The average molecular weight is 377 g/mol. The Kier molecular flexibility index (Phi) is 3.54. The highest BCUT2D eigenvalue weighted by molar-refractivity contribution is 5.79. The number of halogens is 2. The van der Waals surface area contributed by atoms with E-state index in [9.17, 15) is 8.78 Å². The number of nitrogen functional groups attached to an aromatic ring is 1. The molecule has 0 aliphatic rings. The first-order valence-electron chi connectivity index (χ1n) is 8.44. The van der Waals surface area contributed by atoms with E-state index >= 15 is 0 Å². The largest absolute Gasteiger partial charge is 0.369 e. The molecule has 4 aromatic heterocycles. The molecule has 4 heterocycles. The number of aromatic nitrogens is 6. The van der Waals surface area contributed by atoms with Crippen LogP contribution in [0.4, 0.5) is 14.7 Å². The van der Waals surface area contributed by atoms with Crippen molar-refractivity contribution in [3.8, 4) is 5.69 Å². The SMILES string of the molecule is Nc1nc2ncc(-n3ccc4nccnc43)cc2n1Cc1cc(F)cc(F)c1. The lowest BCUT2D eigenvalue weighted by Gasteiger charge is -2.09. The van der Waals surface area contributed by atoms with Crippen LogP contribution in [0, 0.1) is 11.6 Å². The zero-order chi connectivity index (χ0) is 19.3. The summed E-state index contributed by atoms with van der Waals surface area (Å²) in [5.41, 5.74) is 9.75. The molecule has 5 aromatic rings. The molecule has 0 saturated carbocycles. The molecular formula is C19H13F2N7. The van der Waals surface area contributed by atoms with E-state index in [1.54, 1.807) is 23.2 Å². The van der Waals surface area contributed by atoms with E-state index in [-0.39, 0.29) is 12.5 Å². The Morgan fingerprint density at radius 3 is 2.57 bits per heavy atom. The summed E-state index contributed by atoms with van der Waals surface area (Å²) >= 11 is 0. The van der Waals surface area contributed by atoms with Crippen molar-refractivity contribution in [1.82, 2.24) is 29.1 Å². The van der Waals surface area contributed by atoms with Crippen LogP contribution in [0.3, 0.4) is 0 Å². The molecule has 0 unspecified atom stereocenters. The van der Waals surface area contributed by atoms with Crippen LogP contribution in [0.15, 0.2) is 55.1 Å². The highest BCUT2D eigenvalue weighted by atomic mass is 19.1. The maximum atomic E-state index is 13.5. The smallest absolute Gasteiger partial charge is 0.203 e. The highest BCUT2D eigenvalue weighted by Gasteiger charge is 2.13. The van der Waals surface area contributed by atoms with Gasteiger partial charge in [0.1, 0.15) is 17.2 Å². The Hall–Kier alpha value is -3.88. The zero-order valence-corrected chi connectivity index (χ0v) is 14.4. The molecule has 0 saturated heterocycles. The van der Waals surface area contributed by atoms with Gasteiger partial charge >= 0.3 is 0 Å². The quantitative estimate of drug-likeness (QED) is 0.522. The van der Waals surface area contributed by atoms with Crippen LogP contribution in [0.2, 0.25) is 0 Å². The van der Waals surface area contributed by atoms with Crippen molar-refractivity contribution in [3.05, 3.63) is 72.3 Å². The van der Waals surface area contributed by atoms with Crippen molar-refractivity contribution in [3.63, 3.8) is 0 Å². The van der Waals surface area contributed by atoms with Gasteiger partial charge in [0, 0.05) is 24.7 Å². The summed E-state index contributed by atoms with van der Waals surface area (Å²) in [6, 6.07) is 7.07. The summed E-state index contributed by atoms with van der Waals surface area (Å²) in [5, 5.41) is 0. The molecule has 0 radical (unpaired) electrons. The number of rotatable bonds is 3. The fourth-order valence-electron chi connectivity index (χ4n) is 3.26. The monoisotopic (exact) mass is 377 g/mol. The second-order valence-electron chi connectivity index (χ2n) is 6.32. The van der Waals surface area contributed by atoms with E-state index in [2.05, 4.69) is 19.9 Å². The third-order valence-corrected chi connectivity index (χ3v) is 4.48. The third kappa shape index (κ3) is 2.64. The number of imidazole rings is 1. The Bertz CT molecular complexity index is 1320. The van der Waals surface area contributed by atoms with E-state index in [0.29, 0.717) is 22.4 Å². The van der Waals surface area contributed by atoms with Gasteiger partial charge in [-0.1, -0.05) is 0 Å². The predicted molar refractivity (Wildman–Crippen MR) is 99.8 cm³/mol. The summed E-state index contributed by atoms with van der Waals surface area (Å²) in [7, 11) is 0. The maximum Gasteiger partial charge on any atom is 0.203 e. The number of hydrogen-bond acceptors (Lipinski definition) is 5. The van der Waals surface area contributed by atoms with E-state index in [0.717, 1.165) is 17.3 Å². The lowest BCUT2D eigenvalue weighted by molar-refractivity contribution is 0.578. The van der Waals surface area contributed by atoms with Crippen LogP contribution in [-0.4, -0.2) is 29.1 Å². The van der Waals surface area contributed by atoms with Crippen LogP contribution in [0.5, 0.6) is 0 Å². The molecule has 1 aromatic carbocycles. The van der Waals surface area contributed by atoms with Crippen molar-refractivity contribution in [1.29, 1.82) is 0 Å². The molecule has 9 heteroatoms. The molecule has 0 aliphatic carbocycles. The van der Waals surface area contributed by atoms with Gasteiger partial charge in [0.2, 0.25) is 5.95 Å². The van der Waals surface area contributed by atoms with Crippen molar-refractivity contribution >= 4 is 28.3 Å². The molecule has 0 fully saturated rings. The summed E-state index contributed by atoms with van der Waals surface area (Å²) < 4.78 is 30.6. The minimum absolute atomic E-state index is 0.161. The van der Waals surface area contributed by atoms with E-state index in [4.69, 9.17) is 5.73 Å². The highest BCUT2D eigenvalue weighted by Crippen LogP contribution is 2.23. The maximum absolute atomic E-state index is 13.5. The van der Waals surface area contributed by atoms with Gasteiger partial charge in [0.15, 0.2) is 11.3 Å². The van der Waals surface area contributed by atoms with Gasteiger partial charge in [-0.2, -0.15) is 4.98 Å². The number of nitrogens with zero attached hydrogens (tertiary/aromatic N) is 6. The first-order chi connectivity index (χ1) is 13.6. The molecule has 2 N–H and O–H groups in total. The first kappa shape index (κ1) is 16.3. The Morgan fingerprint density at radius 1 is 0.964 bits per heavy atom. The van der Waals surface area contributed by atoms with Gasteiger partial charge in [0.05, 0.1) is 23.9 Å². The lowest BCUT2D eigenvalue weighted by Crippen LogP contribution is -2.05. The number of nitrogens with two attached hydrogens (primary N) is 1.